The second-order valence-electron chi connectivity index (χ2n) is 8.72. The summed E-state index contributed by atoms with van der Waals surface area (Å²) in [5.41, 5.74) is 3.69. The fourth-order valence-electron chi connectivity index (χ4n) is 4.56. The number of aromatic nitrogens is 3. The maximum Gasteiger partial charge on any atom is 0.253 e. The van der Waals surface area contributed by atoms with E-state index in [1.165, 1.54) is 11.8 Å². The van der Waals surface area contributed by atoms with Crippen molar-refractivity contribution in [1.29, 1.82) is 0 Å². The third-order valence-electron chi connectivity index (χ3n) is 6.34. The van der Waals surface area contributed by atoms with Gasteiger partial charge in [0.25, 0.3) is 5.91 Å². The van der Waals surface area contributed by atoms with Gasteiger partial charge < -0.3 is 15.4 Å². The number of ether oxygens (including phenoxy) is 1. The van der Waals surface area contributed by atoms with Crippen molar-refractivity contribution in [2.75, 3.05) is 18.2 Å². The summed E-state index contributed by atoms with van der Waals surface area (Å²) in [5.74, 6) is 0.486. The second kappa shape index (κ2) is 9.95. The highest BCUT2D eigenvalue weighted by atomic mass is 32.2. The molecule has 2 aromatic carbocycles. The van der Waals surface area contributed by atoms with Crippen molar-refractivity contribution in [1.82, 2.24) is 19.9 Å². The number of thioether (sulfide) groups is 1. The minimum Gasteiger partial charge on any atom is -0.497 e. The van der Waals surface area contributed by atoms with Crippen LogP contribution in [0.4, 0.5) is 5.69 Å². The Labute approximate surface area is 207 Å². The molecule has 0 aliphatic heterocycles. The summed E-state index contributed by atoms with van der Waals surface area (Å²) in [6, 6.07) is 15.2. The van der Waals surface area contributed by atoms with E-state index in [2.05, 4.69) is 20.8 Å². The number of para-hydroxylation sites is 1. The zero-order valence-corrected chi connectivity index (χ0v) is 20.5. The van der Waals surface area contributed by atoms with Gasteiger partial charge >= 0.3 is 0 Å². The zero-order valence-electron chi connectivity index (χ0n) is 19.7. The van der Waals surface area contributed by atoms with Crippen LogP contribution in [-0.2, 0) is 4.79 Å². The average Bonchev–Trinajstić information content (AvgIpc) is 3.52. The van der Waals surface area contributed by atoms with E-state index >= 15 is 0 Å². The maximum absolute atomic E-state index is 12.8. The highest BCUT2D eigenvalue weighted by Gasteiger charge is 2.20. The van der Waals surface area contributed by atoms with Crippen molar-refractivity contribution in [3.8, 4) is 5.75 Å². The number of hydrogen-bond donors (Lipinski definition) is 2. The summed E-state index contributed by atoms with van der Waals surface area (Å²) in [7, 11) is 1.63. The number of benzene rings is 2. The molecule has 9 heteroatoms. The highest BCUT2D eigenvalue weighted by molar-refractivity contribution is 7.99. The van der Waals surface area contributed by atoms with Crippen LogP contribution in [0.3, 0.4) is 0 Å². The Morgan fingerprint density at radius 3 is 2.71 bits per heavy atom. The van der Waals surface area contributed by atoms with Crippen LogP contribution in [0.1, 0.15) is 41.6 Å². The minimum atomic E-state index is -0.220. The lowest BCUT2D eigenvalue weighted by Crippen LogP contribution is -2.33. The molecule has 0 radical (unpaired) electrons. The number of nitrogens with zero attached hydrogens (tertiary/aromatic N) is 3. The molecule has 2 amide bonds. The number of anilines is 1. The quantitative estimate of drug-likeness (QED) is 0.368. The van der Waals surface area contributed by atoms with Gasteiger partial charge in [-0.05, 0) is 55.7 Å². The van der Waals surface area contributed by atoms with Crippen molar-refractivity contribution in [3.05, 3.63) is 59.7 Å². The van der Waals surface area contributed by atoms with Crippen molar-refractivity contribution in [3.63, 3.8) is 0 Å². The molecule has 0 atom stereocenters. The first-order valence-electron chi connectivity index (χ1n) is 11.7. The van der Waals surface area contributed by atoms with Crippen molar-refractivity contribution in [2.24, 2.45) is 0 Å². The molecule has 1 aliphatic carbocycles. The molecule has 0 saturated heterocycles. The van der Waals surface area contributed by atoms with Crippen LogP contribution in [0, 0.1) is 6.92 Å². The Hall–Kier alpha value is -3.59. The lowest BCUT2D eigenvalue weighted by atomic mass is 10.1. The van der Waals surface area contributed by atoms with E-state index in [-0.39, 0.29) is 23.6 Å². The molecule has 2 heterocycles. The molecule has 0 bridgehead atoms. The van der Waals surface area contributed by atoms with Crippen molar-refractivity contribution >= 4 is 45.8 Å². The molecule has 2 aromatic heterocycles. The molecule has 0 unspecified atom stereocenters. The van der Waals surface area contributed by atoms with Crippen LogP contribution in [0.5, 0.6) is 5.75 Å². The number of aryl methyl sites for hydroxylation is 1. The lowest BCUT2D eigenvalue weighted by molar-refractivity contribution is -0.113. The van der Waals surface area contributed by atoms with Crippen LogP contribution in [0.2, 0.25) is 0 Å². The number of fused-ring (bicyclic) bond motifs is 3. The van der Waals surface area contributed by atoms with Gasteiger partial charge in [-0.1, -0.05) is 36.7 Å². The summed E-state index contributed by atoms with van der Waals surface area (Å²) in [6.45, 7) is 2.03. The summed E-state index contributed by atoms with van der Waals surface area (Å²) in [5, 5.41) is 16.3. The number of amides is 2. The first-order chi connectivity index (χ1) is 17.0. The van der Waals surface area contributed by atoms with Gasteiger partial charge in [0.1, 0.15) is 5.75 Å². The molecule has 0 spiro atoms. The van der Waals surface area contributed by atoms with Crippen LogP contribution in [0.15, 0.2) is 53.7 Å². The summed E-state index contributed by atoms with van der Waals surface area (Å²) in [6.07, 6.45) is 4.28. The van der Waals surface area contributed by atoms with Crippen molar-refractivity contribution < 1.29 is 14.3 Å². The topological polar surface area (TPSA) is 97.6 Å². The predicted octanol–water partition coefficient (Wildman–Crippen LogP) is 4.60. The Bertz CT molecular complexity index is 1410. The maximum atomic E-state index is 12.8. The molecule has 35 heavy (non-hydrogen) atoms. The van der Waals surface area contributed by atoms with Gasteiger partial charge in [0.05, 0.1) is 29.6 Å². The van der Waals surface area contributed by atoms with E-state index in [0.29, 0.717) is 22.1 Å². The van der Waals surface area contributed by atoms with Crippen LogP contribution in [-0.4, -0.2) is 45.3 Å². The summed E-state index contributed by atoms with van der Waals surface area (Å²) >= 11 is 1.29. The van der Waals surface area contributed by atoms with Crippen molar-refractivity contribution in [2.45, 2.75) is 43.8 Å². The third kappa shape index (κ3) is 4.81. The molecule has 5 rings (SSSR count). The number of methoxy groups -OCH3 is 1. The van der Waals surface area contributed by atoms with E-state index in [1.54, 1.807) is 25.3 Å². The molecule has 4 aromatic rings. The number of rotatable bonds is 7. The van der Waals surface area contributed by atoms with Crippen LogP contribution >= 0.6 is 11.8 Å². The van der Waals surface area contributed by atoms with E-state index in [4.69, 9.17) is 4.74 Å². The van der Waals surface area contributed by atoms with E-state index in [0.717, 1.165) is 47.9 Å². The zero-order chi connectivity index (χ0) is 24.4. The van der Waals surface area contributed by atoms with Gasteiger partial charge in [-0.25, -0.2) is 0 Å². The monoisotopic (exact) mass is 489 g/mol. The largest absolute Gasteiger partial charge is 0.497 e. The Kier molecular flexibility index (Phi) is 6.59. The molecule has 1 aliphatic rings. The van der Waals surface area contributed by atoms with Crippen LogP contribution < -0.4 is 15.4 Å². The van der Waals surface area contributed by atoms with Gasteiger partial charge in [0.15, 0.2) is 10.8 Å². The van der Waals surface area contributed by atoms with Gasteiger partial charge in [0, 0.05) is 17.5 Å². The molecule has 1 saturated carbocycles. The van der Waals surface area contributed by atoms with E-state index in [9.17, 15) is 9.59 Å². The predicted molar refractivity (Wildman–Crippen MR) is 137 cm³/mol. The minimum absolute atomic E-state index is 0.124. The lowest BCUT2D eigenvalue weighted by Gasteiger charge is -2.15. The molecule has 2 N–H and O–H groups in total. The van der Waals surface area contributed by atoms with Gasteiger partial charge in [-0.3, -0.25) is 14.0 Å². The summed E-state index contributed by atoms with van der Waals surface area (Å²) in [4.78, 5) is 25.6. The first-order valence-corrected chi connectivity index (χ1v) is 12.7. The molecule has 180 valence electrons. The smallest absolute Gasteiger partial charge is 0.253 e. The number of nitrogens with one attached hydrogen (secondary N) is 2. The Balaban J connectivity index is 1.33. The highest BCUT2D eigenvalue weighted by Crippen LogP contribution is 2.29. The van der Waals surface area contributed by atoms with Crippen LogP contribution in [0.25, 0.3) is 16.6 Å². The normalized spacial score (nSPS) is 13.9. The molecule has 8 nitrogen and oxygen atoms in total. The van der Waals surface area contributed by atoms with E-state index < -0.39 is 0 Å². The SMILES string of the molecule is COc1ccc2c(C)cc3nnc(SCC(=O)Nc4ccccc4C(=O)NC4CCCC4)n3c2c1. The number of pyridine rings is 1. The second-order valence-corrected chi connectivity index (χ2v) is 9.67. The fourth-order valence-corrected chi connectivity index (χ4v) is 5.31. The molecular weight excluding hydrogens is 462 g/mol. The Morgan fingerprint density at radius 1 is 1.11 bits per heavy atom. The fraction of sp³-hybridized carbons (Fsp3) is 0.308. The standard InChI is InChI=1S/C26H27N5O3S/c1-16-13-23-29-30-26(31(23)22-14-18(34-2)11-12-19(16)22)35-15-24(32)28-21-10-6-5-9-20(21)25(33)27-17-7-3-4-8-17/h5-6,9-14,17H,3-4,7-8,15H2,1-2H3,(H,27,33)(H,28,32). The van der Waals surface area contributed by atoms with Gasteiger partial charge in [-0.15, -0.1) is 10.2 Å². The van der Waals surface area contributed by atoms with Gasteiger partial charge in [-0.2, -0.15) is 0 Å². The number of hydrogen-bond acceptors (Lipinski definition) is 6. The van der Waals surface area contributed by atoms with E-state index in [1.807, 2.05) is 41.7 Å². The molecule has 1 fully saturated rings. The Morgan fingerprint density at radius 2 is 1.91 bits per heavy atom. The summed E-state index contributed by atoms with van der Waals surface area (Å²) < 4.78 is 7.34. The number of carbonyl (C=O) groups is 2. The number of carbonyl (C=O) groups excluding carboxylic acids is 2. The third-order valence-corrected chi connectivity index (χ3v) is 7.27. The van der Waals surface area contributed by atoms with Gasteiger partial charge in [0.2, 0.25) is 5.91 Å². The molecular formula is C26H27N5O3S. The average molecular weight is 490 g/mol. The first kappa shape index (κ1) is 23.2.